The highest BCUT2D eigenvalue weighted by molar-refractivity contribution is 5.97. The molecule has 3 heterocycles. The average molecular weight is 433 g/mol. The van der Waals surface area contributed by atoms with Crippen LogP contribution in [0.5, 0.6) is 0 Å². The number of alkyl halides is 3. The molecule has 0 fully saturated rings. The fourth-order valence-corrected chi connectivity index (χ4v) is 4.27. The minimum absolute atomic E-state index is 0.0480. The lowest BCUT2D eigenvalue weighted by atomic mass is 9.91. The van der Waals surface area contributed by atoms with Crippen LogP contribution in [-0.2, 0) is 11.7 Å². The second-order valence-electron chi connectivity index (χ2n) is 8.05. The Hall–Kier alpha value is -3.43. The third-order valence-corrected chi connectivity index (χ3v) is 5.48. The highest BCUT2D eigenvalue weighted by Crippen LogP contribution is 2.49. The zero-order valence-corrected chi connectivity index (χ0v) is 16.6. The second-order valence-corrected chi connectivity index (χ2v) is 8.05. The molecule has 31 heavy (non-hydrogen) atoms. The van der Waals surface area contributed by atoms with Crippen molar-refractivity contribution in [2.24, 2.45) is 0 Å². The lowest BCUT2D eigenvalue weighted by Gasteiger charge is -2.36. The van der Waals surface area contributed by atoms with Crippen molar-refractivity contribution in [2.75, 3.05) is 5.32 Å². The standard InChI is InChI=1S/C21H16F5N5/c1-9-29-30-19-20(2,3)28-14-8-13(23)15(16(21(24,25)26)18(14)31(9)19)12-7-11(22)6-10-4-5-27-17(10)12/h4-8,27-28H,1-3H3. The second kappa shape index (κ2) is 6.05. The summed E-state index contributed by atoms with van der Waals surface area (Å²) in [6.07, 6.45) is -3.49. The fourth-order valence-electron chi connectivity index (χ4n) is 4.27. The maximum atomic E-state index is 15.4. The number of aryl methyl sites for hydroxylation is 1. The molecular formula is C21H16F5N5. The summed E-state index contributed by atoms with van der Waals surface area (Å²) in [7, 11) is 0. The molecule has 160 valence electrons. The van der Waals surface area contributed by atoms with E-state index < -0.39 is 34.5 Å². The predicted molar refractivity (Wildman–Crippen MR) is 105 cm³/mol. The largest absolute Gasteiger partial charge is 0.419 e. The van der Waals surface area contributed by atoms with Gasteiger partial charge in [0.25, 0.3) is 0 Å². The van der Waals surface area contributed by atoms with Crippen molar-refractivity contribution >= 4 is 16.6 Å². The molecule has 1 aliphatic heterocycles. The summed E-state index contributed by atoms with van der Waals surface area (Å²) < 4.78 is 74.4. The Balaban J connectivity index is 1.97. The number of hydrogen-bond acceptors (Lipinski definition) is 3. The molecule has 0 saturated carbocycles. The van der Waals surface area contributed by atoms with Gasteiger partial charge in [-0.2, -0.15) is 13.2 Å². The molecule has 0 spiro atoms. The number of nitrogens with zero attached hydrogens (tertiary/aromatic N) is 3. The Bertz CT molecular complexity index is 1360. The van der Waals surface area contributed by atoms with Crippen molar-refractivity contribution in [3.63, 3.8) is 0 Å². The number of aromatic nitrogens is 4. The molecule has 2 aromatic heterocycles. The van der Waals surface area contributed by atoms with Crippen LogP contribution in [-0.4, -0.2) is 19.7 Å². The minimum atomic E-state index is -4.95. The first-order chi connectivity index (χ1) is 14.5. The van der Waals surface area contributed by atoms with Crippen LogP contribution in [0.25, 0.3) is 27.7 Å². The van der Waals surface area contributed by atoms with Gasteiger partial charge in [0, 0.05) is 22.7 Å². The van der Waals surface area contributed by atoms with E-state index >= 15 is 4.39 Å². The summed E-state index contributed by atoms with van der Waals surface area (Å²) in [5.41, 5.74) is -3.23. The van der Waals surface area contributed by atoms with E-state index in [0.29, 0.717) is 5.39 Å². The third kappa shape index (κ3) is 2.74. The van der Waals surface area contributed by atoms with Crippen molar-refractivity contribution in [1.82, 2.24) is 19.7 Å². The number of anilines is 1. The highest BCUT2D eigenvalue weighted by Gasteiger charge is 2.45. The van der Waals surface area contributed by atoms with Gasteiger partial charge in [-0.15, -0.1) is 10.2 Å². The first kappa shape index (κ1) is 19.5. The number of hydrogen-bond donors (Lipinski definition) is 2. The summed E-state index contributed by atoms with van der Waals surface area (Å²) in [6, 6.07) is 4.59. The van der Waals surface area contributed by atoms with Crippen LogP contribution < -0.4 is 5.32 Å². The fraction of sp³-hybridized carbons (Fsp3) is 0.238. The monoisotopic (exact) mass is 433 g/mol. The number of benzene rings is 2. The van der Waals surface area contributed by atoms with Crippen molar-refractivity contribution in [2.45, 2.75) is 32.5 Å². The van der Waals surface area contributed by atoms with E-state index in [9.17, 15) is 17.6 Å². The van der Waals surface area contributed by atoms with E-state index in [0.717, 1.165) is 12.1 Å². The Morgan fingerprint density at radius 1 is 1.06 bits per heavy atom. The van der Waals surface area contributed by atoms with Gasteiger partial charge in [0.15, 0.2) is 5.82 Å². The van der Waals surface area contributed by atoms with Gasteiger partial charge in [-0.05, 0) is 45.0 Å². The molecule has 0 radical (unpaired) electrons. The van der Waals surface area contributed by atoms with Crippen LogP contribution in [0.4, 0.5) is 27.6 Å². The first-order valence-corrected chi connectivity index (χ1v) is 9.41. The molecule has 0 atom stereocenters. The quantitative estimate of drug-likeness (QED) is 0.380. The molecule has 5 nitrogen and oxygen atoms in total. The summed E-state index contributed by atoms with van der Waals surface area (Å²) in [4.78, 5) is 2.79. The number of halogens is 5. The van der Waals surface area contributed by atoms with Crippen LogP contribution in [0, 0.1) is 18.6 Å². The smallest absolute Gasteiger partial charge is 0.371 e. The molecule has 2 aromatic carbocycles. The third-order valence-electron chi connectivity index (χ3n) is 5.48. The highest BCUT2D eigenvalue weighted by atomic mass is 19.4. The maximum Gasteiger partial charge on any atom is 0.419 e. The zero-order chi connectivity index (χ0) is 22.3. The molecule has 0 aliphatic carbocycles. The first-order valence-electron chi connectivity index (χ1n) is 9.41. The minimum Gasteiger partial charge on any atom is -0.371 e. The van der Waals surface area contributed by atoms with E-state index in [-0.39, 0.29) is 34.1 Å². The molecule has 0 bridgehead atoms. The van der Waals surface area contributed by atoms with E-state index in [1.807, 2.05) is 0 Å². The van der Waals surface area contributed by atoms with Crippen LogP contribution in [0.3, 0.4) is 0 Å². The van der Waals surface area contributed by atoms with Gasteiger partial charge in [-0.25, -0.2) is 8.78 Å². The van der Waals surface area contributed by atoms with E-state index in [1.54, 1.807) is 13.8 Å². The van der Waals surface area contributed by atoms with Gasteiger partial charge in [-0.1, -0.05) is 0 Å². The predicted octanol–water partition coefficient (Wildman–Crippen LogP) is 5.68. The van der Waals surface area contributed by atoms with Crippen LogP contribution in [0.1, 0.15) is 31.1 Å². The average Bonchev–Trinajstić information content (AvgIpc) is 3.26. The molecule has 1 aliphatic rings. The number of H-pyrrole nitrogens is 1. The zero-order valence-electron chi connectivity index (χ0n) is 16.6. The van der Waals surface area contributed by atoms with Gasteiger partial charge >= 0.3 is 6.18 Å². The lowest BCUT2D eigenvalue weighted by molar-refractivity contribution is -0.137. The van der Waals surface area contributed by atoms with Crippen LogP contribution >= 0.6 is 0 Å². The molecule has 5 rings (SSSR count). The number of aromatic amines is 1. The maximum absolute atomic E-state index is 15.4. The number of fused-ring (bicyclic) bond motifs is 4. The molecule has 4 aromatic rings. The Morgan fingerprint density at radius 3 is 2.52 bits per heavy atom. The Labute approximate surface area is 172 Å². The number of rotatable bonds is 1. The summed E-state index contributed by atoms with van der Waals surface area (Å²) >= 11 is 0. The van der Waals surface area contributed by atoms with Gasteiger partial charge < -0.3 is 10.3 Å². The van der Waals surface area contributed by atoms with Crippen molar-refractivity contribution in [3.05, 3.63) is 59.3 Å². The van der Waals surface area contributed by atoms with Crippen molar-refractivity contribution in [1.29, 1.82) is 0 Å². The molecular weight excluding hydrogens is 417 g/mol. The van der Waals surface area contributed by atoms with Gasteiger partial charge in [0.1, 0.15) is 17.5 Å². The lowest BCUT2D eigenvalue weighted by Crippen LogP contribution is -2.37. The van der Waals surface area contributed by atoms with E-state index in [2.05, 4.69) is 20.5 Å². The SMILES string of the molecule is Cc1nnc2n1-c1c(cc(F)c(-c3cc(F)cc4cc[nH]c34)c1C(F)(F)F)NC2(C)C. The van der Waals surface area contributed by atoms with Gasteiger partial charge in [0.2, 0.25) is 0 Å². The summed E-state index contributed by atoms with van der Waals surface area (Å²) in [6.45, 7) is 4.95. The molecule has 10 heteroatoms. The van der Waals surface area contributed by atoms with Crippen molar-refractivity contribution in [3.8, 4) is 16.8 Å². The van der Waals surface area contributed by atoms with E-state index in [1.165, 1.54) is 29.8 Å². The molecule has 0 unspecified atom stereocenters. The van der Waals surface area contributed by atoms with Crippen molar-refractivity contribution < 1.29 is 22.0 Å². The summed E-state index contributed by atoms with van der Waals surface area (Å²) in [5, 5.41) is 11.2. The van der Waals surface area contributed by atoms with Crippen LogP contribution in [0.2, 0.25) is 0 Å². The summed E-state index contributed by atoms with van der Waals surface area (Å²) in [5.74, 6) is -1.42. The van der Waals surface area contributed by atoms with Crippen LogP contribution in [0.15, 0.2) is 30.5 Å². The number of nitrogens with one attached hydrogen (secondary N) is 2. The molecule has 0 amide bonds. The van der Waals surface area contributed by atoms with Gasteiger partial charge in [0.05, 0.1) is 28.0 Å². The van der Waals surface area contributed by atoms with E-state index in [4.69, 9.17) is 0 Å². The Morgan fingerprint density at radius 2 is 1.81 bits per heavy atom. The van der Waals surface area contributed by atoms with Gasteiger partial charge in [-0.3, -0.25) is 4.57 Å². The Kier molecular flexibility index (Phi) is 3.81. The molecule has 0 saturated heterocycles. The topological polar surface area (TPSA) is 58.5 Å². The normalized spacial score (nSPS) is 15.0. The molecule has 2 N–H and O–H groups in total.